The van der Waals surface area contributed by atoms with E-state index in [1.54, 1.807) is 0 Å². The van der Waals surface area contributed by atoms with Gasteiger partial charge in [0.1, 0.15) is 11.5 Å². The largest absolute Gasteiger partial charge is 0.507 e. The van der Waals surface area contributed by atoms with E-state index in [2.05, 4.69) is 4.74 Å². The van der Waals surface area contributed by atoms with Crippen LogP contribution in [0, 0.1) is 0 Å². The van der Waals surface area contributed by atoms with E-state index in [0.717, 1.165) is 0 Å². The third-order valence-corrected chi connectivity index (χ3v) is 5.26. The molecule has 0 aliphatic rings. The number of phenolic OH excluding ortho intramolecular Hbond substituents is 1. The number of hydrogen-bond donors (Lipinski definition) is 2. The molecule has 17 heteroatoms. The summed E-state index contributed by atoms with van der Waals surface area (Å²) in [5.41, 5.74) is -8.07. The Morgan fingerprint density at radius 3 is 1.53 bits per heavy atom. The molecule has 0 aromatic heterocycles. The maximum Gasteiger partial charge on any atom is 0.438 e. The molecule has 1 aromatic rings. The molecular weight excluding hydrogens is 465 g/mol. The molecule has 0 saturated heterocycles. The summed E-state index contributed by atoms with van der Waals surface area (Å²) >= 11 is 0. The average Bonchev–Trinajstić information content (AvgIpc) is 2.63. The van der Waals surface area contributed by atoms with Crippen molar-refractivity contribution in [2.75, 3.05) is 5.75 Å². The fourth-order valence-corrected chi connectivity index (χ4v) is 3.93. The number of carbonyl (C=O) groups is 1. The minimum atomic E-state index is -6.54. The Kier molecular flexibility index (Phi) is 8.50. The van der Waals surface area contributed by atoms with Gasteiger partial charge in [0.25, 0.3) is 10.1 Å². The quantitative estimate of drug-likeness (QED) is 0.251. The summed E-state index contributed by atoms with van der Waals surface area (Å²) in [5, 5.41) is 10.3. The molecule has 0 heterocycles. The Morgan fingerprint density at radius 1 is 0.812 bits per heavy atom. The van der Waals surface area contributed by atoms with Crippen molar-refractivity contribution < 1.29 is 54.0 Å². The molecule has 0 amide bonds. The van der Waals surface area contributed by atoms with Crippen LogP contribution in [0.1, 0.15) is 32.6 Å². The zero-order chi connectivity index (χ0) is 25.3. The van der Waals surface area contributed by atoms with E-state index >= 15 is 0 Å². The lowest BCUT2D eigenvalue weighted by molar-refractivity contribution is -0.356. The van der Waals surface area contributed by atoms with Gasteiger partial charge < -0.3 is 9.84 Å². The van der Waals surface area contributed by atoms with Crippen LogP contribution in [0.25, 0.3) is 0 Å². The number of benzene rings is 1. The van der Waals surface area contributed by atoms with Gasteiger partial charge >= 0.3 is 23.9 Å². The second-order valence-electron chi connectivity index (χ2n) is 6.39. The van der Waals surface area contributed by atoms with Crippen molar-refractivity contribution in [3.63, 3.8) is 0 Å². The number of halogens is 6. The number of ether oxygens (including phenoxy) is 1. The average molecular weight is 478 g/mol. The van der Waals surface area contributed by atoms with Gasteiger partial charge in [0.05, 0.1) is 36.9 Å². The molecule has 0 saturated carbocycles. The van der Waals surface area contributed by atoms with Crippen LogP contribution < -0.4 is 0 Å². The highest BCUT2D eigenvalue weighted by molar-refractivity contribution is 7.85. The third kappa shape index (κ3) is 5.24. The summed E-state index contributed by atoms with van der Waals surface area (Å²) in [6, 6.07) is 0. The lowest BCUT2D eigenvalue weighted by Crippen LogP contribution is -2.63. The number of phenols is 1. The first-order valence-corrected chi connectivity index (χ1v) is 10.0. The highest BCUT2D eigenvalue weighted by Gasteiger charge is 2.76. The van der Waals surface area contributed by atoms with Crippen molar-refractivity contribution in [1.82, 2.24) is 0 Å². The first-order chi connectivity index (χ1) is 14.4. The first-order valence-electron chi connectivity index (χ1n) is 8.43. The number of esters is 1. The Hall–Kier alpha value is -1.76. The molecule has 2 N–H and O–H groups in total. The second-order valence-corrected chi connectivity index (χ2v) is 7.85. The van der Waals surface area contributed by atoms with E-state index in [4.69, 9.17) is 35.9 Å². The van der Waals surface area contributed by atoms with Gasteiger partial charge in [0.15, 0.2) is 0 Å². The Bertz CT molecular complexity index is 966. The van der Waals surface area contributed by atoms with Gasteiger partial charge in [0, 0.05) is 5.56 Å². The standard InChI is InChI=1S/C15H12B4F6O6S/c16-1-6-7(2-17)10(9(4-19)11(26)8(6)3-18)12(27)31-13(14(20,21)22,15(23,24)25)5-32(28,29)30/h26H,1-5H2,(H,28,29,30). The van der Waals surface area contributed by atoms with Crippen molar-refractivity contribution in [3.8, 4) is 5.75 Å². The van der Waals surface area contributed by atoms with Crippen molar-refractivity contribution in [2.45, 2.75) is 43.2 Å². The topological polar surface area (TPSA) is 101 Å². The van der Waals surface area contributed by atoms with Crippen LogP contribution in [-0.4, -0.2) is 79.1 Å². The summed E-state index contributed by atoms with van der Waals surface area (Å²) in [6.45, 7) is 0. The normalized spacial score (nSPS) is 13.2. The number of aromatic hydroxyl groups is 1. The summed E-state index contributed by atoms with van der Waals surface area (Å²) in [5.74, 6) is -6.28. The predicted molar refractivity (Wildman–Crippen MR) is 103 cm³/mol. The number of alkyl halides is 6. The molecule has 168 valence electrons. The lowest BCUT2D eigenvalue weighted by atomic mass is 9.74. The molecule has 32 heavy (non-hydrogen) atoms. The third-order valence-electron chi connectivity index (χ3n) is 4.49. The van der Waals surface area contributed by atoms with Gasteiger partial charge in [0.2, 0.25) is 0 Å². The zero-order valence-corrected chi connectivity index (χ0v) is 16.9. The van der Waals surface area contributed by atoms with Crippen LogP contribution in [-0.2, 0) is 40.1 Å². The smallest absolute Gasteiger partial charge is 0.438 e. The molecule has 0 bridgehead atoms. The van der Waals surface area contributed by atoms with Crippen LogP contribution in [0.2, 0.25) is 0 Å². The summed E-state index contributed by atoms with van der Waals surface area (Å²) in [4.78, 5) is 12.6. The van der Waals surface area contributed by atoms with E-state index in [-0.39, 0.29) is 11.1 Å². The van der Waals surface area contributed by atoms with Gasteiger partial charge in [-0.3, -0.25) is 4.55 Å². The van der Waals surface area contributed by atoms with E-state index in [0.29, 0.717) is 0 Å². The zero-order valence-electron chi connectivity index (χ0n) is 16.0. The summed E-state index contributed by atoms with van der Waals surface area (Å²) in [7, 11) is 15.9. The highest BCUT2D eigenvalue weighted by Crippen LogP contribution is 2.48. The molecule has 0 spiro atoms. The molecule has 8 radical (unpaired) electrons. The molecule has 6 nitrogen and oxygen atoms in total. The van der Waals surface area contributed by atoms with Crippen molar-refractivity contribution >= 4 is 47.5 Å². The van der Waals surface area contributed by atoms with Gasteiger partial charge in [-0.1, -0.05) is 25.3 Å². The summed E-state index contributed by atoms with van der Waals surface area (Å²) < 4.78 is 115. The van der Waals surface area contributed by atoms with Crippen LogP contribution in [0.3, 0.4) is 0 Å². The molecule has 0 unspecified atom stereocenters. The molecule has 0 atom stereocenters. The molecule has 0 aliphatic carbocycles. The summed E-state index contributed by atoms with van der Waals surface area (Å²) in [6.07, 6.45) is -15.5. The SMILES string of the molecule is [B]Cc1c(O)c(C[B])c(C(=O)OC(CS(=O)(=O)O)(C(F)(F)F)C(F)(F)F)c(C[B])c1C[B]. The monoisotopic (exact) mass is 478 g/mol. The molecule has 0 fully saturated rings. The maximum atomic E-state index is 13.5. The van der Waals surface area contributed by atoms with Crippen LogP contribution in [0.5, 0.6) is 5.75 Å². The van der Waals surface area contributed by atoms with Crippen molar-refractivity contribution in [3.05, 3.63) is 27.8 Å². The minimum absolute atomic E-state index is 0.110. The van der Waals surface area contributed by atoms with Crippen molar-refractivity contribution in [1.29, 1.82) is 0 Å². The number of carbonyl (C=O) groups excluding carboxylic acids is 1. The van der Waals surface area contributed by atoms with E-state index in [1.807, 2.05) is 0 Å². The van der Waals surface area contributed by atoms with Gasteiger partial charge in [-0.25, -0.2) is 4.79 Å². The van der Waals surface area contributed by atoms with E-state index < -0.39 is 87.5 Å². The first kappa shape index (κ1) is 28.3. The lowest BCUT2D eigenvalue weighted by Gasteiger charge is -2.36. The second kappa shape index (κ2) is 9.62. The Morgan fingerprint density at radius 2 is 1.22 bits per heavy atom. The Balaban J connectivity index is 3.95. The number of rotatable bonds is 8. The maximum absolute atomic E-state index is 13.5. The predicted octanol–water partition coefficient (Wildman–Crippen LogP) is 0.974. The Labute approximate surface area is 184 Å². The fraction of sp³-hybridized carbons (Fsp3) is 0.533. The van der Waals surface area contributed by atoms with Crippen LogP contribution in [0.4, 0.5) is 26.3 Å². The van der Waals surface area contributed by atoms with Crippen LogP contribution >= 0.6 is 0 Å². The fourth-order valence-electron chi connectivity index (χ4n) is 3.03. The number of hydrogen-bond acceptors (Lipinski definition) is 5. The molecule has 1 aromatic carbocycles. The van der Waals surface area contributed by atoms with Gasteiger partial charge in [-0.2, -0.15) is 34.8 Å². The van der Waals surface area contributed by atoms with Crippen LogP contribution in [0.15, 0.2) is 0 Å². The van der Waals surface area contributed by atoms with E-state index in [9.17, 15) is 44.7 Å². The molecule has 1 rings (SSSR count). The molecular formula is C15H12B4F6O6S. The van der Waals surface area contributed by atoms with E-state index in [1.165, 1.54) is 0 Å². The molecule has 0 aliphatic heterocycles. The van der Waals surface area contributed by atoms with Crippen molar-refractivity contribution in [2.24, 2.45) is 0 Å². The van der Waals surface area contributed by atoms with Gasteiger partial charge in [-0.05, 0) is 16.7 Å². The van der Waals surface area contributed by atoms with Gasteiger partial charge in [-0.15, -0.1) is 0 Å². The highest BCUT2D eigenvalue weighted by atomic mass is 32.2. The minimum Gasteiger partial charge on any atom is -0.507 e.